The van der Waals surface area contributed by atoms with E-state index in [1.807, 2.05) is 18.7 Å². The first kappa shape index (κ1) is 15.8. The summed E-state index contributed by atoms with van der Waals surface area (Å²) in [6.45, 7) is 6.35. The zero-order valence-corrected chi connectivity index (χ0v) is 11.8. The highest BCUT2D eigenvalue weighted by atomic mass is 32.2. The Hall–Kier alpha value is -0.220. The average Bonchev–Trinajstić information content (AvgIpc) is 2.22. The number of rotatable bonds is 9. The lowest BCUT2D eigenvalue weighted by molar-refractivity contribution is -0.123. The highest BCUT2D eigenvalue weighted by Crippen LogP contribution is 2.15. The Kier molecular flexibility index (Phi) is 7.85. The largest absolute Gasteiger partial charge is 0.368 e. The van der Waals surface area contributed by atoms with E-state index in [-0.39, 0.29) is 5.91 Å². The van der Waals surface area contributed by atoms with Gasteiger partial charge >= 0.3 is 0 Å². The maximum absolute atomic E-state index is 11.2. The monoisotopic (exact) mass is 246 g/mol. The summed E-state index contributed by atoms with van der Waals surface area (Å²) in [7, 11) is 1.79. The molecule has 0 aromatic heterocycles. The molecule has 0 saturated heterocycles. The van der Waals surface area contributed by atoms with Crippen molar-refractivity contribution in [1.82, 2.24) is 5.32 Å². The third-order valence-corrected chi connectivity index (χ3v) is 4.00. The van der Waals surface area contributed by atoms with E-state index in [4.69, 9.17) is 5.73 Å². The topological polar surface area (TPSA) is 55.1 Å². The van der Waals surface area contributed by atoms with E-state index < -0.39 is 5.54 Å². The number of hydrogen-bond acceptors (Lipinski definition) is 3. The molecule has 0 aliphatic rings. The molecule has 96 valence electrons. The van der Waals surface area contributed by atoms with Crippen molar-refractivity contribution >= 4 is 17.7 Å². The Balaban J connectivity index is 3.61. The van der Waals surface area contributed by atoms with Gasteiger partial charge in [-0.25, -0.2) is 0 Å². The third-order valence-electron chi connectivity index (χ3n) is 2.90. The minimum Gasteiger partial charge on any atom is -0.368 e. The first-order chi connectivity index (χ1) is 7.42. The average molecular weight is 246 g/mol. The van der Waals surface area contributed by atoms with Gasteiger partial charge in [-0.15, -0.1) is 0 Å². The lowest BCUT2D eigenvalue weighted by atomic mass is 9.96. The minimum atomic E-state index is -0.543. The molecule has 0 bridgehead atoms. The summed E-state index contributed by atoms with van der Waals surface area (Å²) in [6.07, 6.45) is 3.11. The molecule has 0 aliphatic carbocycles. The van der Waals surface area contributed by atoms with Crippen LogP contribution in [0.15, 0.2) is 0 Å². The molecule has 1 amide bonds. The number of primary amides is 1. The van der Waals surface area contributed by atoms with Crippen LogP contribution in [-0.2, 0) is 4.79 Å². The Morgan fingerprint density at radius 1 is 1.44 bits per heavy atom. The van der Waals surface area contributed by atoms with E-state index in [9.17, 15) is 4.79 Å². The smallest absolute Gasteiger partial charge is 0.237 e. The Labute approximate surface area is 104 Å². The van der Waals surface area contributed by atoms with Gasteiger partial charge in [0, 0.05) is 0 Å². The van der Waals surface area contributed by atoms with Crippen molar-refractivity contribution in [2.45, 2.75) is 45.6 Å². The van der Waals surface area contributed by atoms with Crippen LogP contribution in [0.3, 0.4) is 0 Å². The number of nitrogens with two attached hydrogens (primary N) is 1. The fourth-order valence-corrected chi connectivity index (χ4v) is 2.51. The van der Waals surface area contributed by atoms with Crippen LogP contribution in [0.25, 0.3) is 0 Å². The third kappa shape index (κ3) is 6.38. The molecule has 0 spiro atoms. The summed E-state index contributed by atoms with van der Waals surface area (Å²) < 4.78 is 0. The second-order valence-corrected chi connectivity index (χ2v) is 6.07. The molecule has 0 aromatic rings. The number of carbonyl (C=O) groups excluding carboxylic acids is 1. The molecule has 0 rings (SSSR count). The number of amides is 1. The van der Waals surface area contributed by atoms with Crippen molar-refractivity contribution in [3.63, 3.8) is 0 Å². The normalized spacial score (nSPS) is 15.1. The zero-order valence-electron chi connectivity index (χ0n) is 11.0. The van der Waals surface area contributed by atoms with Gasteiger partial charge in [-0.2, -0.15) is 11.8 Å². The van der Waals surface area contributed by atoms with Crippen molar-refractivity contribution in [3.05, 3.63) is 0 Å². The van der Waals surface area contributed by atoms with Gasteiger partial charge in [0.1, 0.15) is 0 Å². The van der Waals surface area contributed by atoms with Gasteiger partial charge in [-0.05, 0) is 50.7 Å². The molecule has 0 aromatic carbocycles. The highest BCUT2D eigenvalue weighted by Gasteiger charge is 2.27. The van der Waals surface area contributed by atoms with Gasteiger partial charge < -0.3 is 11.1 Å². The molecular formula is C12H26N2OS. The summed E-state index contributed by atoms with van der Waals surface area (Å²) in [5.74, 6) is 2.84. The molecule has 0 heterocycles. The molecule has 0 aliphatic heterocycles. The van der Waals surface area contributed by atoms with Crippen LogP contribution < -0.4 is 11.1 Å². The molecule has 0 radical (unpaired) electrons. The van der Waals surface area contributed by atoms with E-state index in [0.717, 1.165) is 24.5 Å². The fourth-order valence-electron chi connectivity index (χ4n) is 1.32. The maximum atomic E-state index is 11.2. The minimum absolute atomic E-state index is 0.262. The first-order valence-electron chi connectivity index (χ1n) is 5.99. The van der Waals surface area contributed by atoms with Crippen LogP contribution in [0.2, 0.25) is 0 Å². The summed E-state index contributed by atoms with van der Waals surface area (Å²) in [6, 6.07) is 0. The second-order valence-electron chi connectivity index (χ2n) is 4.84. The Morgan fingerprint density at radius 3 is 2.50 bits per heavy atom. The molecule has 3 nitrogen and oxygen atoms in total. The predicted molar refractivity (Wildman–Crippen MR) is 72.7 cm³/mol. The summed E-state index contributed by atoms with van der Waals surface area (Å²) >= 11 is 1.96. The van der Waals surface area contributed by atoms with Gasteiger partial charge in [0.2, 0.25) is 5.91 Å². The van der Waals surface area contributed by atoms with Gasteiger partial charge in [0.05, 0.1) is 5.54 Å². The lowest BCUT2D eigenvalue weighted by Crippen LogP contribution is -2.51. The number of hydrogen-bond donors (Lipinski definition) is 2. The number of nitrogens with one attached hydrogen (secondary N) is 1. The van der Waals surface area contributed by atoms with E-state index in [1.54, 1.807) is 7.05 Å². The molecule has 1 unspecified atom stereocenters. The number of carbonyl (C=O) groups is 1. The summed E-state index contributed by atoms with van der Waals surface area (Å²) in [5.41, 5.74) is 4.81. The molecule has 3 N–H and O–H groups in total. The van der Waals surface area contributed by atoms with Gasteiger partial charge in [-0.3, -0.25) is 4.79 Å². The molecule has 0 saturated carbocycles. The van der Waals surface area contributed by atoms with Gasteiger partial charge in [0.15, 0.2) is 0 Å². The van der Waals surface area contributed by atoms with Crippen LogP contribution in [0.1, 0.15) is 40.0 Å². The number of thioether (sulfide) groups is 1. The molecule has 0 fully saturated rings. The van der Waals surface area contributed by atoms with E-state index in [0.29, 0.717) is 0 Å². The first-order valence-corrected chi connectivity index (χ1v) is 7.14. The van der Waals surface area contributed by atoms with E-state index >= 15 is 0 Å². The summed E-state index contributed by atoms with van der Waals surface area (Å²) in [5, 5.41) is 3.00. The maximum Gasteiger partial charge on any atom is 0.237 e. The molecular weight excluding hydrogens is 220 g/mol. The van der Waals surface area contributed by atoms with Crippen LogP contribution >= 0.6 is 11.8 Å². The Morgan fingerprint density at radius 2 is 2.06 bits per heavy atom. The summed E-state index contributed by atoms with van der Waals surface area (Å²) in [4.78, 5) is 11.2. The fraction of sp³-hybridized carbons (Fsp3) is 0.917. The van der Waals surface area contributed by atoms with Crippen LogP contribution in [0.4, 0.5) is 0 Å². The van der Waals surface area contributed by atoms with Crippen molar-refractivity contribution in [2.24, 2.45) is 11.7 Å². The standard InChI is InChI=1S/C12H26N2OS/c1-10(2)6-9-16-8-5-7-12(3,14-4)11(13)15/h10,14H,5-9H2,1-4H3,(H2,13,15). The van der Waals surface area contributed by atoms with Gasteiger partial charge in [0.25, 0.3) is 0 Å². The quantitative estimate of drug-likeness (QED) is 0.612. The van der Waals surface area contributed by atoms with Crippen molar-refractivity contribution in [2.75, 3.05) is 18.6 Å². The van der Waals surface area contributed by atoms with Crippen molar-refractivity contribution in [1.29, 1.82) is 0 Å². The van der Waals surface area contributed by atoms with Crippen LogP contribution in [0, 0.1) is 5.92 Å². The second kappa shape index (κ2) is 7.96. The zero-order chi connectivity index (χ0) is 12.6. The van der Waals surface area contributed by atoms with Crippen LogP contribution in [0.5, 0.6) is 0 Å². The van der Waals surface area contributed by atoms with Crippen LogP contribution in [-0.4, -0.2) is 30.0 Å². The predicted octanol–water partition coefficient (Wildman–Crippen LogP) is 2.01. The van der Waals surface area contributed by atoms with Crippen molar-refractivity contribution in [3.8, 4) is 0 Å². The SMILES string of the molecule is CNC(C)(CCCSCCC(C)C)C(N)=O. The Bertz CT molecular complexity index is 209. The lowest BCUT2D eigenvalue weighted by Gasteiger charge is -2.25. The molecule has 1 atom stereocenters. The van der Waals surface area contributed by atoms with E-state index in [1.165, 1.54) is 12.2 Å². The van der Waals surface area contributed by atoms with Gasteiger partial charge in [-0.1, -0.05) is 13.8 Å². The van der Waals surface area contributed by atoms with E-state index in [2.05, 4.69) is 19.2 Å². The highest BCUT2D eigenvalue weighted by molar-refractivity contribution is 7.99. The molecule has 16 heavy (non-hydrogen) atoms. The molecule has 4 heteroatoms. The number of likely N-dealkylation sites (N-methyl/N-ethyl adjacent to an activating group) is 1. The van der Waals surface area contributed by atoms with Crippen molar-refractivity contribution < 1.29 is 4.79 Å².